The van der Waals surface area contributed by atoms with Gasteiger partial charge in [0.1, 0.15) is 4.88 Å². The van der Waals surface area contributed by atoms with E-state index in [1.54, 1.807) is 0 Å². The van der Waals surface area contributed by atoms with Crippen molar-refractivity contribution in [3.63, 3.8) is 0 Å². The van der Waals surface area contributed by atoms with Gasteiger partial charge in [0.05, 0.1) is 12.8 Å². The van der Waals surface area contributed by atoms with Crippen molar-refractivity contribution >= 4 is 22.4 Å². The fraction of sp³-hybridized carbons (Fsp3) is 0.692. The van der Waals surface area contributed by atoms with Crippen molar-refractivity contribution in [3.05, 3.63) is 10.6 Å². The van der Waals surface area contributed by atoms with E-state index in [1.165, 1.54) is 31.3 Å². The van der Waals surface area contributed by atoms with Gasteiger partial charge < -0.3 is 14.8 Å². The summed E-state index contributed by atoms with van der Waals surface area (Å²) in [6.45, 7) is 4.30. The molecule has 1 aromatic rings. The summed E-state index contributed by atoms with van der Waals surface area (Å²) >= 11 is 1.33. The molecule has 1 fully saturated rings. The molecular formula is C13H20N2O3S. The average molecular weight is 284 g/mol. The van der Waals surface area contributed by atoms with Gasteiger partial charge in [0.15, 0.2) is 5.13 Å². The van der Waals surface area contributed by atoms with Gasteiger partial charge in [0, 0.05) is 19.8 Å². The first-order valence-corrected chi connectivity index (χ1v) is 7.39. The van der Waals surface area contributed by atoms with Crippen molar-refractivity contribution in [1.82, 2.24) is 4.98 Å². The largest absolute Gasteiger partial charge is 0.465 e. The molecule has 1 N–H and O–H groups in total. The Morgan fingerprint density at radius 2 is 2.32 bits per heavy atom. The lowest BCUT2D eigenvalue weighted by Gasteiger charge is -2.03. The van der Waals surface area contributed by atoms with Gasteiger partial charge in [-0.25, -0.2) is 9.78 Å². The maximum Gasteiger partial charge on any atom is 0.350 e. The molecule has 19 heavy (non-hydrogen) atoms. The second kappa shape index (κ2) is 6.86. The maximum atomic E-state index is 11.4. The number of ether oxygens (including phenoxy) is 2. The number of esters is 1. The Morgan fingerprint density at radius 1 is 1.53 bits per heavy atom. The van der Waals surface area contributed by atoms with Crippen LogP contribution in [0, 0.1) is 12.8 Å². The third-order valence-electron chi connectivity index (χ3n) is 2.96. The third-order valence-corrected chi connectivity index (χ3v) is 4.05. The number of aromatic nitrogens is 1. The molecule has 0 bridgehead atoms. The zero-order valence-electron chi connectivity index (χ0n) is 11.4. The van der Waals surface area contributed by atoms with Crippen molar-refractivity contribution in [2.75, 3.05) is 32.2 Å². The monoisotopic (exact) mass is 284 g/mol. The normalized spacial score (nSPS) is 14.4. The molecule has 6 heteroatoms. The molecule has 2 rings (SSSR count). The first kappa shape index (κ1) is 14.3. The van der Waals surface area contributed by atoms with E-state index in [4.69, 9.17) is 9.47 Å². The molecule has 0 atom stereocenters. The summed E-state index contributed by atoms with van der Waals surface area (Å²) in [5.74, 6) is 0.494. The number of carbonyl (C=O) groups is 1. The quantitative estimate of drug-likeness (QED) is 0.587. The molecule has 0 unspecified atom stereocenters. The van der Waals surface area contributed by atoms with Gasteiger partial charge in [-0.1, -0.05) is 11.3 Å². The summed E-state index contributed by atoms with van der Waals surface area (Å²) in [7, 11) is 1.38. The van der Waals surface area contributed by atoms with Crippen LogP contribution in [0.3, 0.4) is 0 Å². The van der Waals surface area contributed by atoms with Crippen molar-refractivity contribution in [2.24, 2.45) is 5.92 Å². The standard InChI is InChI=1S/C13H20N2O3S/c1-9-11(12(16)17-2)19-13(15-9)14-6-3-7-18-8-10-4-5-10/h10H,3-8H2,1-2H3,(H,14,15). The van der Waals surface area contributed by atoms with Crippen molar-refractivity contribution in [2.45, 2.75) is 26.2 Å². The minimum atomic E-state index is -0.323. The van der Waals surface area contributed by atoms with Crippen LogP contribution in [0.4, 0.5) is 5.13 Å². The SMILES string of the molecule is COC(=O)c1sc(NCCCOCC2CC2)nc1C. The zero-order chi connectivity index (χ0) is 13.7. The van der Waals surface area contributed by atoms with E-state index >= 15 is 0 Å². The fourth-order valence-electron chi connectivity index (χ4n) is 1.66. The number of anilines is 1. The number of nitrogens with zero attached hydrogens (tertiary/aromatic N) is 1. The summed E-state index contributed by atoms with van der Waals surface area (Å²) in [6, 6.07) is 0. The van der Waals surface area contributed by atoms with E-state index in [-0.39, 0.29) is 5.97 Å². The molecule has 0 spiro atoms. The Morgan fingerprint density at radius 3 is 3.00 bits per heavy atom. The summed E-state index contributed by atoms with van der Waals surface area (Å²) in [5, 5.41) is 3.97. The van der Waals surface area contributed by atoms with Gasteiger partial charge in [0.2, 0.25) is 0 Å². The molecule has 1 aliphatic rings. The number of carbonyl (C=O) groups excluding carboxylic acids is 1. The molecule has 0 aliphatic heterocycles. The lowest BCUT2D eigenvalue weighted by atomic mass is 10.4. The number of hydrogen-bond acceptors (Lipinski definition) is 6. The molecule has 0 radical (unpaired) electrons. The number of thiazole rings is 1. The Bertz CT molecular complexity index is 430. The number of methoxy groups -OCH3 is 1. The highest BCUT2D eigenvalue weighted by Gasteiger charge is 2.20. The van der Waals surface area contributed by atoms with Gasteiger partial charge in [-0.2, -0.15) is 0 Å². The van der Waals surface area contributed by atoms with Crippen LogP contribution in [0.1, 0.15) is 34.6 Å². The van der Waals surface area contributed by atoms with Gasteiger partial charge in [-0.15, -0.1) is 0 Å². The van der Waals surface area contributed by atoms with E-state index in [2.05, 4.69) is 10.3 Å². The van der Waals surface area contributed by atoms with Gasteiger partial charge in [-0.3, -0.25) is 0 Å². The van der Waals surface area contributed by atoms with E-state index in [1.807, 2.05) is 6.92 Å². The highest BCUT2D eigenvalue weighted by Crippen LogP contribution is 2.28. The van der Waals surface area contributed by atoms with E-state index < -0.39 is 0 Å². The highest BCUT2D eigenvalue weighted by molar-refractivity contribution is 7.17. The highest BCUT2D eigenvalue weighted by atomic mass is 32.1. The van der Waals surface area contributed by atoms with E-state index in [0.29, 0.717) is 10.6 Å². The number of rotatable bonds is 8. The van der Waals surface area contributed by atoms with Crippen LogP contribution in [-0.2, 0) is 9.47 Å². The smallest absolute Gasteiger partial charge is 0.350 e. The zero-order valence-corrected chi connectivity index (χ0v) is 12.2. The van der Waals surface area contributed by atoms with Crippen molar-refractivity contribution in [1.29, 1.82) is 0 Å². The molecule has 0 amide bonds. The van der Waals surface area contributed by atoms with Crippen LogP contribution >= 0.6 is 11.3 Å². The van der Waals surface area contributed by atoms with Gasteiger partial charge in [0.25, 0.3) is 0 Å². The minimum absolute atomic E-state index is 0.323. The predicted molar refractivity (Wildman–Crippen MR) is 74.8 cm³/mol. The Kier molecular flexibility index (Phi) is 5.15. The van der Waals surface area contributed by atoms with Crippen LogP contribution in [0.15, 0.2) is 0 Å². The Balaban J connectivity index is 1.65. The van der Waals surface area contributed by atoms with E-state index in [9.17, 15) is 4.79 Å². The molecular weight excluding hydrogens is 264 g/mol. The molecule has 1 heterocycles. The lowest BCUT2D eigenvalue weighted by molar-refractivity contribution is 0.0605. The third kappa shape index (κ3) is 4.47. The fourth-order valence-corrected chi connectivity index (χ4v) is 2.57. The molecule has 1 aromatic heterocycles. The van der Waals surface area contributed by atoms with E-state index in [0.717, 1.165) is 37.2 Å². The predicted octanol–water partition coefficient (Wildman–Crippen LogP) is 2.47. The van der Waals surface area contributed by atoms with Crippen molar-refractivity contribution < 1.29 is 14.3 Å². The van der Waals surface area contributed by atoms with Crippen LogP contribution < -0.4 is 5.32 Å². The summed E-state index contributed by atoms with van der Waals surface area (Å²) in [4.78, 5) is 16.3. The number of hydrogen-bond donors (Lipinski definition) is 1. The first-order valence-electron chi connectivity index (χ1n) is 6.58. The average Bonchev–Trinajstić information content (AvgIpc) is 3.15. The van der Waals surface area contributed by atoms with Crippen LogP contribution in [0.5, 0.6) is 0 Å². The van der Waals surface area contributed by atoms with Crippen molar-refractivity contribution in [3.8, 4) is 0 Å². The second-order valence-corrected chi connectivity index (χ2v) is 5.72. The molecule has 5 nitrogen and oxygen atoms in total. The summed E-state index contributed by atoms with van der Waals surface area (Å²) in [6.07, 6.45) is 3.60. The minimum Gasteiger partial charge on any atom is -0.465 e. The topological polar surface area (TPSA) is 60.5 Å². The van der Waals surface area contributed by atoms with Crippen LogP contribution in [0.25, 0.3) is 0 Å². The summed E-state index contributed by atoms with van der Waals surface area (Å²) < 4.78 is 10.2. The molecule has 1 saturated carbocycles. The molecule has 1 aliphatic carbocycles. The Labute approximate surface area is 117 Å². The van der Waals surface area contributed by atoms with Crippen LogP contribution in [0.2, 0.25) is 0 Å². The van der Waals surface area contributed by atoms with Gasteiger partial charge >= 0.3 is 5.97 Å². The maximum absolute atomic E-state index is 11.4. The number of nitrogens with one attached hydrogen (secondary N) is 1. The number of aryl methyl sites for hydroxylation is 1. The molecule has 106 valence electrons. The first-order chi connectivity index (χ1) is 9.20. The summed E-state index contributed by atoms with van der Waals surface area (Å²) in [5.41, 5.74) is 0.712. The molecule has 0 saturated heterocycles. The van der Waals surface area contributed by atoms with Gasteiger partial charge in [-0.05, 0) is 32.1 Å². The second-order valence-electron chi connectivity index (χ2n) is 4.72. The van der Waals surface area contributed by atoms with Crippen LogP contribution in [-0.4, -0.2) is 37.8 Å². The Hall–Kier alpha value is -1.14. The molecule has 0 aromatic carbocycles. The lowest BCUT2D eigenvalue weighted by Crippen LogP contribution is -2.06.